The van der Waals surface area contributed by atoms with Crippen molar-refractivity contribution in [2.75, 3.05) is 6.54 Å². The van der Waals surface area contributed by atoms with Gasteiger partial charge >= 0.3 is 0 Å². The van der Waals surface area contributed by atoms with Crippen LogP contribution in [-0.2, 0) is 6.42 Å². The lowest BCUT2D eigenvalue weighted by molar-refractivity contribution is 0.561. The molecular formula is C21H22N2. The molecule has 0 unspecified atom stereocenters. The van der Waals surface area contributed by atoms with E-state index in [9.17, 15) is 0 Å². The van der Waals surface area contributed by atoms with Crippen molar-refractivity contribution in [1.29, 1.82) is 0 Å². The van der Waals surface area contributed by atoms with Gasteiger partial charge in [-0.15, -0.1) is 0 Å². The lowest BCUT2D eigenvalue weighted by Gasteiger charge is -2.37. The quantitative estimate of drug-likeness (QED) is 0.720. The Kier molecular flexibility index (Phi) is 3.15. The predicted octanol–water partition coefficient (Wildman–Crippen LogP) is 5.04. The molecule has 116 valence electrons. The third-order valence-electron chi connectivity index (χ3n) is 4.88. The van der Waals surface area contributed by atoms with E-state index in [0.717, 1.165) is 30.2 Å². The second-order valence-corrected chi connectivity index (χ2v) is 6.85. The summed E-state index contributed by atoms with van der Waals surface area (Å²) in [5.74, 6) is 1.52. The Hall–Kier alpha value is -2.35. The number of rotatable bonds is 1. The summed E-state index contributed by atoms with van der Waals surface area (Å²) in [6.07, 6.45) is 1.05. The molecule has 0 amide bonds. The van der Waals surface area contributed by atoms with Gasteiger partial charge in [0.1, 0.15) is 5.84 Å². The van der Waals surface area contributed by atoms with E-state index in [1.807, 2.05) is 0 Å². The van der Waals surface area contributed by atoms with Gasteiger partial charge in [-0.3, -0.25) is 0 Å². The van der Waals surface area contributed by atoms with Crippen LogP contribution in [0, 0.1) is 6.92 Å². The lowest BCUT2D eigenvalue weighted by atomic mass is 9.90. The molecule has 2 nitrogen and oxygen atoms in total. The minimum atomic E-state index is 0.450. The van der Waals surface area contributed by atoms with Crippen LogP contribution in [0.15, 0.2) is 48.0 Å². The monoisotopic (exact) mass is 302 g/mol. The van der Waals surface area contributed by atoms with Gasteiger partial charge in [0.05, 0.1) is 5.69 Å². The Labute approximate surface area is 138 Å². The highest BCUT2D eigenvalue weighted by Gasteiger charge is 2.30. The Bertz CT molecular complexity index is 843. The molecule has 23 heavy (non-hydrogen) atoms. The summed E-state index contributed by atoms with van der Waals surface area (Å²) < 4.78 is 0. The van der Waals surface area contributed by atoms with Crippen molar-refractivity contribution in [3.8, 4) is 0 Å². The van der Waals surface area contributed by atoms with Gasteiger partial charge in [0.25, 0.3) is 0 Å². The van der Waals surface area contributed by atoms with Crippen LogP contribution in [0.2, 0.25) is 0 Å². The fraction of sp³-hybridized carbons (Fsp3) is 0.286. The lowest BCUT2D eigenvalue weighted by Crippen LogP contribution is -2.38. The molecule has 2 heteroatoms. The maximum Gasteiger partial charge on any atom is 0.141 e. The largest absolute Gasteiger partial charge is 0.325 e. The van der Waals surface area contributed by atoms with E-state index in [2.05, 4.69) is 68.6 Å². The third kappa shape index (κ3) is 2.13. The fourth-order valence-corrected chi connectivity index (χ4v) is 3.67. The molecule has 0 bridgehead atoms. The number of hydrogen-bond donors (Lipinski definition) is 0. The second kappa shape index (κ2) is 5.09. The molecule has 0 N–H and O–H groups in total. The number of hydrogen-bond acceptors (Lipinski definition) is 2. The number of nitrogens with zero attached hydrogens (tertiary/aromatic N) is 2. The zero-order valence-electron chi connectivity index (χ0n) is 14.1. The summed E-state index contributed by atoms with van der Waals surface area (Å²) in [7, 11) is 0. The van der Waals surface area contributed by atoms with Gasteiger partial charge in [-0.2, -0.15) is 0 Å². The molecule has 0 spiro atoms. The highest BCUT2D eigenvalue weighted by Crippen LogP contribution is 2.42. The summed E-state index contributed by atoms with van der Waals surface area (Å²) in [4.78, 5) is 7.39. The molecule has 0 saturated heterocycles. The maximum absolute atomic E-state index is 5.10. The minimum Gasteiger partial charge on any atom is -0.325 e. The first-order valence-electron chi connectivity index (χ1n) is 8.34. The topological polar surface area (TPSA) is 15.6 Å². The average molecular weight is 302 g/mol. The number of amidine groups is 1. The summed E-state index contributed by atoms with van der Waals surface area (Å²) in [6, 6.07) is 13.1. The molecule has 2 aliphatic rings. The Balaban J connectivity index is 1.99. The standard InChI is InChI=1S/C21H22N2/c1-13(2)18-11-14(3)12-19-15(4)23-10-9-16-7-5-6-8-17(16)21(23)22-20(18)19/h5-8,11-13H,4,9-10H2,1-3H3. The number of benzene rings is 2. The first kappa shape index (κ1) is 14.3. The van der Waals surface area contributed by atoms with Crippen molar-refractivity contribution in [2.24, 2.45) is 4.99 Å². The van der Waals surface area contributed by atoms with Crippen molar-refractivity contribution < 1.29 is 0 Å². The first-order valence-corrected chi connectivity index (χ1v) is 8.34. The molecule has 0 radical (unpaired) electrons. The van der Waals surface area contributed by atoms with Gasteiger partial charge in [-0.25, -0.2) is 4.99 Å². The van der Waals surface area contributed by atoms with Gasteiger partial charge in [-0.1, -0.05) is 56.3 Å². The van der Waals surface area contributed by atoms with E-state index in [1.54, 1.807) is 0 Å². The number of aliphatic imine (C=N–C) groups is 1. The maximum atomic E-state index is 5.10. The molecule has 2 aliphatic heterocycles. The molecule has 0 saturated carbocycles. The van der Waals surface area contributed by atoms with Gasteiger partial charge in [0, 0.05) is 23.4 Å². The minimum absolute atomic E-state index is 0.450. The molecule has 4 rings (SSSR count). The summed E-state index contributed by atoms with van der Waals surface area (Å²) in [5, 5.41) is 0. The normalized spacial score (nSPS) is 15.9. The molecule has 0 aromatic heterocycles. The van der Waals surface area contributed by atoms with Crippen molar-refractivity contribution in [1.82, 2.24) is 4.90 Å². The zero-order valence-corrected chi connectivity index (χ0v) is 14.1. The predicted molar refractivity (Wildman–Crippen MR) is 97.4 cm³/mol. The van der Waals surface area contributed by atoms with Crippen LogP contribution in [0.4, 0.5) is 5.69 Å². The van der Waals surface area contributed by atoms with Crippen molar-refractivity contribution in [3.05, 3.63) is 70.8 Å². The summed E-state index contributed by atoms with van der Waals surface area (Å²) in [5.41, 5.74) is 8.62. The molecule has 0 aliphatic carbocycles. The SMILES string of the molecule is C=C1c2cc(C)cc(C(C)C)c2N=C2c3ccccc3CCN12. The zero-order chi connectivity index (χ0) is 16.1. The van der Waals surface area contributed by atoms with Crippen LogP contribution < -0.4 is 0 Å². The van der Waals surface area contributed by atoms with Crippen molar-refractivity contribution in [3.63, 3.8) is 0 Å². The Morgan fingerprint density at radius 3 is 2.70 bits per heavy atom. The highest BCUT2D eigenvalue weighted by molar-refractivity contribution is 6.09. The van der Waals surface area contributed by atoms with Crippen molar-refractivity contribution in [2.45, 2.75) is 33.1 Å². The molecular weight excluding hydrogens is 280 g/mol. The van der Waals surface area contributed by atoms with E-state index >= 15 is 0 Å². The van der Waals surface area contributed by atoms with Crippen LogP contribution in [-0.4, -0.2) is 17.3 Å². The van der Waals surface area contributed by atoms with E-state index in [0.29, 0.717) is 5.92 Å². The Morgan fingerprint density at radius 2 is 1.91 bits per heavy atom. The number of aryl methyl sites for hydroxylation is 1. The van der Waals surface area contributed by atoms with Crippen LogP contribution in [0.3, 0.4) is 0 Å². The summed E-state index contributed by atoms with van der Waals surface area (Å²) >= 11 is 0. The van der Waals surface area contributed by atoms with Crippen LogP contribution in [0.25, 0.3) is 5.70 Å². The van der Waals surface area contributed by atoms with Gasteiger partial charge in [-0.05, 0) is 36.5 Å². The van der Waals surface area contributed by atoms with Crippen LogP contribution in [0.5, 0.6) is 0 Å². The highest BCUT2D eigenvalue weighted by atomic mass is 15.2. The molecule has 2 heterocycles. The third-order valence-corrected chi connectivity index (χ3v) is 4.88. The van der Waals surface area contributed by atoms with Gasteiger partial charge in [0.15, 0.2) is 0 Å². The van der Waals surface area contributed by atoms with Crippen LogP contribution in [0.1, 0.15) is 47.6 Å². The summed E-state index contributed by atoms with van der Waals surface area (Å²) in [6.45, 7) is 12.0. The molecule has 2 aromatic rings. The second-order valence-electron chi connectivity index (χ2n) is 6.85. The van der Waals surface area contributed by atoms with Crippen molar-refractivity contribution >= 4 is 17.2 Å². The molecule has 0 atom stereocenters. The smallest absolute Gasteiger partial charge is 0.141 e. The van der Waals surface area contributed by atoms with Gasteiger partial charge in [0.2, 0.25) is 0 Å². The molecule has 2 aromatic carbocycles. The first-order chi connectivity index (χ1) is 11.1. The van der Waals surface area contributed by atoms with E-state index in [4.69, 9.17) is 4.99 Å². The van der Waals surface area contributed by atoms with Crippen LogP contribution >= 0.6 is 0 Å². The molecule has 0 fully saturated rings. The Morgan fingerprint density at radius 1 is 1.13 bits per heavy atom. The van der Waals surface area contributed by atoms with E-state index in [1.165, 1.54) is 27.8 Å². The van der Waals surface area contributed by atoms with Gasteiger partial charge < -0.3 is 4.90 Å². The average Bonchev–Trinajstić information content (AvgIpc) is 2.55. The fourth-order valence-electron chi connectivity index (χ4n) is 3.67. The number of fused-ring (bicyclic) bond motifs is 4. The van der Waals surface area contributed by atoms with E-state index < -0.39 is 0 Å². The van der Waals surface area contributed by atoms with E-state index in [-0.39, 0.29) is 0 Å².